The van der Waals surface area contributed by atoms with Gasteiger partial charge in [-0.1, -0.05) is 24.3 Å². The topological polar surface area (TPSA) is 41.9 Å². The lowest BCUT2D eigenvalue weighted by Gasteiger charge is -2.21. The van der Waals surface area contributed by atoms with E-state index in [1.54, 1.807) is 18.2 Å². The van der Waals surface area contributed by atoms with E-state index in [9.17, 15) is 9.50 Å². The zero-order chi connectivity index (χ0) is 17.4. The van der Waals surface area contributed by atoms with Crippen molar-refractivity contribution in [3.8, 4) is 11.5 Å². The molecule has 0 heterocycles. The van der Waals surface area contributed by atoms with Gasteiger partial charge in [0.25, 0.3) is 0 Å². The Kier molecular flexibility index (Phi) is 7.03. The van der Waals surface area contributed by atoms with E-state index in [0.717, 1.165) is 11.3 Å². The van der Waals surface area contributed by atoms with Crippen molar-refractivity contribution in [2.24, 2.45) is 0 Å². The summed E-state index contributed by atoms with van der Waals surface area (Å²) in [5.41, 5.74) is 1.15. The van der Waals surface area contributed by atoms with Crippen LogP contribution in [0.4, 0.5) is 4.39 Å². The van der Waals surface area contributed by atoms with Crippen LogP contribution >= 0.6 is 0 Å². The number of aliphatic hydroxyl groups excluding tert-OH is 1. The van der Waals surface area contributed by atoms with Crippen molar-refractivity contribution >= 4 is 0 Å². The highest BCUT2D eigenvalue weighted by molar-refractivity contribution is 5.27. The minimum absolute atomic E-state index is 0.0456. The number of likely N-dealkylation sites (N-methyl/N-ethyl adjacent to an activating group) is 1. The predicted octanol–water partition coefficient (Wildman–Crippen LogP) is 2.88. The fraction of sp³-hybridized carbons (Fsp3) is 0.368. The Bertz CT molecular complexity index is 636. The summed E-state index contributed by atoms with van der Waals surface area (Å²) in [5, 5.41) is 9.99. The Morgan fingerprint density at radius 2 is 1.92 bits per heavy atom. The first-order valence-electron chi connectivity index (χ1n) is 7.98. The van der Waals surface area contributed by atoms with Gasteiger partial charge in [-0.25, -0.2) is 4.39 Å². The third-order valence-corrected chi connectivity index (χ3v) is 3.52. The van der Waals surface area contributed by atoms with Gasteiger partial charge in [-0.15, -0.1) is 0 Å². The number of nitrogens with zero attached hydrogens (tertiary/aromatic N) is 1. The molecule has 5 heteroatoms. The van der Waals surface area contributed by atoms with Crippen molar-refractivity contribution in [2.45, 2.75) is 13.0 Å². The van der Waals surface area contributed by atoms with Crippen LogP contribution in [0.5, 0.6) is 11.5 Å². The Hall–Kier alpha value is -2.11. The molecule has 0 aliphatic heterocycles. The molecule has 24 heavy (non-hydrogen) atoms. The van der Waals surface area contributed by atoms with Crippen molar-refractivity contribution in [2.75, 3.05) is 33.4 Å². The highest BCUT2D eigenvalue weighted by Gasteiger charge is 2.11. The van der Waals surface area contributed by atoms with E-state index in [1.807, 2.05) is 43.1 Å². The fourth-order valence-electron chi connectivity index (χ4n) is 2.28. The summed E-state index contributed by atoms with van der Waals surface area (Å²) in [5.74, 6) is 0.568. The van der Waals surface area contributed by atoms with Crippen LogP contribution in [-0.4, -0.2) is 49.5 Å². The van der Waals surface area contributed by atoms with Gasteiger partial charge in [0.15, 0.2) is 11.6 Å². The van der Waals surface area contributed by atoms with Gasteiger partial charge >= 0.3 is 0 Å². The van der Waals surface area contributed by atoms with Gasteiger partial charge in [0, 0.05) is 13.1 Å². The highest BCUT2D eigenvalue weighted by atomic mass is 19.1. The van der Waals surface area contributed by atoms with Crippen LogP contribution in [0.3, 0.4) is 0 Å². The van der Waals surface area contributed by atoms with Gasteiger partial charge in [-0.3, -0.25) is 0 Å². The molecule has 0 amide bonds. The summed E-state index contributed by atoms with van der Waals surface area (Å²) in [6, 6.07) is 14.0. The van der Waals surface area contributed by atoms with Gasteiger partial charge in [0.05, 0.1) is 0 Å². The smallest absolute Gasteiger partial charge is 0.165 e. The second-order valence-corrected chi connectivity index (χ2v) is 5.82. The average molecular weight is 333 g/mol. The van der Waals surface area contributed by atoms with Gasteiger partial charge in [0.1, 0.15) is 25.1 Å². The molecule has 2 aromatic rings. The Labute approximate surface area is 142 Å². The number of hydrogen-bond acceptors (Lipinski definition) is 4. The molecule has 1 N–H and O–H groups in total. The van der Waals surface area contributed by atoms with E-state index in [1.165, 1.54) is 6.07 Å². The number of hydrogen-bond donors (Lipinski definition) is 1. The summed E-state index contributed by atoms with van der Waals surface area (Å²) < 4.78 is 24.4. The molecule has 4 nitrogen and oxygen atoms in total. The van der Waals surface area contributed by atoms with Crippen molar-refractivity contribution in [3.63, 3.8) is 0 Å². The van der Waals surface area contributed by atoms with Gasteiger partial charge in [-0.2, -0.15) is 0 Å². The van der Waals surface area contributed by atoms with Crippen LogP contribution in [0.15, 0.2) is 48.5 Å². The van der Waals surface area contributed by atoms with Crippen LogP contribution in [0.1, 0.15) is 5.56 Å². The average Bonchev–Trinajstić information content (AvgIpc) is 2.54. The Morgan fingerprint density at radius 1 is 1.12 bits per heavy atom. The molecule has 1 atom stereocenters. The summed E-state index contributed by atoms with van der Waals surface area (Å²) in [7, 11) is 1.89. The maximum atomic E-state index is 13.4. The van der Waals surface area contributed by atoms with E-state index in [4.69, 9.17) is 9.47 Å². The number of para-hydroxylation sites is 1. The van der Waals surface area contributed by atoms with E-state index in [2.05, 4.69) is 0 Å². The van der Waals surface area contributed by atoms with Crippen molar-refractivity contribution < 1.29 is 19.0 Å². The van der Waals surface area contributed by atoms with Gasteiger partial charge < -0.3 is 19.5 Å². The standard InChI is InChI=1S/C19H24FNO3/c1-15-6-5-7-17(12-15)23-11-10-21(2)13-16(22)14-24-19-9-4-3-8-18(19)20/h3-9,12,16,22H,10-11,13-14H2,1-2H3. The number of aliphatic hydroxyl groups is 1. The molecular weight excluding hydrogens is 309 g/mol. The number of aryl methyl sites for hydroxylation is 1. The normalized spacial score (nSPS) is 12.2. The van der Waals surface area contributed by atoms with Crippen molar-refractivity contribution in [3.05, 3.63) is 59.9 Å². The molecule has 0 aliphatic rings. The number of benzene rings is 2. The molecule has 0 spiro atoms. The number of ether oxygens (including phenoxy) is 2. The largest absolute Gasteiger partial charge is 0.492 e. The summed E-state index contributed by atoms with van der Waals surface area (Å²) in [4.78, 5) is 1.95. The zero-order valence-corrected chi connectivity index (χ0v) is 14.1. The van der Waals surface area contributed by atoms with Gasteiger partial charge in [0.2, 0.25) is 0 Å². The van der Waals surface area contributed by atoms with Crippen LogP contribution in [0.25, 0.3) is 0 Å². The molecule has 0 aromatic heterocycles. The molecule has 0 bridgehead atoms. The predicted molar refractivity (Wildman–Crippen MR) is 92.1 cm³/mol. The third-order valence-electron chi connectivity index (χ3n) is 3.52. The van der Waals surface area contributed by atoms with Crippen LogP contribution < -0.4 is 9.47 Å². The molecule has 130 valence electrons. The first kappa shape index (κ1) is 18.2. The van der Waals surface area contributed by atoms with E-state index in [0.29, 0.717) is 19.7 Å². The lowest BCUT2D eigenvalue weighted by Crippen LogP contribution is -2.35. The summed E-state index contributed by atoms with van der Waals surface area (Å²) >= 11 is 0. The molecule has 2 aromatic carbocycles. The maximum Gasteiger partial charge on any atom is 0.165 e. The molecule has 0 radical (unpaired) electrons. The Balaban J connectivity index is 1.66. The molecule has 0 saturated carbocycles. The maximum absolute atomic E-state index is 13.4. The second-order valence-electron chi connectivity index (χ2n) is 5.82. The van der Waals surface area contributed by atoms with E-state index in [-0.39, 0.29) is 12.4 Å². The molecule has 0 aliphatic carbocycles. The summed E-state index contributed by atoms with van der Waals surface area (Å²) in [6.07, 6.45) is -0.700. The SMILES string of the molecule is Cc1cccc(OCCN(C)CC(O)COc2ccccc2F)c1. The molecule has 2 rings (SSSR count). The third kappa shape index (κ3) is 6.18. The molecule has 0 saturated heterocycles. The minimum Gasteiger partial charge on any atom is -0.492 e. The minimum atomic E-state index is -0.700. The lowest BCUT2D eigenvalue weighted by atomic mass is 10.2. The van der Waals surface area contributed by atoms with Gasteiger partial charge in [-0.05, 0) is 43.8 Å². The first-order valence-corrected chi connectivity index (χ1v) is 7.98. The van der Waals surface area contributed by atoms with Crippen molar-refractivity contribution in [1.29, 1.82) is 0 Å². The first-order chi connectivity index (χ1) is 11.5. The van der Waals surface area contributed by atoms with E-state index >= 15 is 0 Å². The number of halogens is 1. The molecule has 0 fully saturated rings. The highest BCUT2D eigenvalue weighted by Crippen LogP contribution is 2.15. The number of rotatable bonds is 9. The zero-order valence-electron chi connectivity index (χ0n) is 14.1. The van der Waals surface area contributed by atoms with Crippen molar-refractivity contribution in [1.82, 2.24) is 4.90 Å². The van der Waals surface area contributed by atoms with Crippen LogP contribution in [-0.2, 0) is 0 Å². The molecule has 1 unspecified atom stereocenters. The second kappa shape index (κ2) is 9.25. The Morgan fingerprint density at radius 3 is 2.67 bits per heavy atom. The lowest BCUT2D eigenvalue weighted by molar-refractivity contribution is 0.0708. The van der Waals surface area contributed by atoms with Crippen LogP contribution in [0.2, 0.25) is 0 Å². The fourth-order valence-corrected chi connectivity index (χ4v) is 2.28. The monoisotopic (exact) mass is 333 g/mol. The quantitative estimate of drug-likeness (QED) is 0.766. The van der Waals surface area contributed by atoms with E-state index < -0.39 is 11.9 Å². The molecular formula is C19H24FNO3. The summed E-state index contributed by atoms with van der Waals surface area (Å²) in [6.45, 7) is 3.69. The van der Waals surface area contributed by atoms with Crippen LogP contribution in [0, 0.1) is 12.7 Å².